The van der Waals surface area contributed by atoms with Crippen molar-refractivity contribution in [2.75, 3.05) is 31.6 Å². The molecule has 2 saturated heterocycles. The minimum atomic E-state index is -0.359. The number of nitrogens with zero attached hydrogens (tertiary/aromatic N) is 2. The van der Waals surface area contributed by atoms with E-state index >= 15 is 0 Å². The molecule has 1 atom stereocenters. The van der Waals surface area contributed by atoms with E-state index in [-0.39, 0.29) is 23.0 Å². The SMILES string of the molecule is COc1cccc(C(=O)N2CCC3(CC(=O)N(c4cccc(F)c4)C3)C2)c1. The predicted molar refractivity (Wildman–Crippen MR) is 99.3 cm³/mol. The van der Waals surface area contributed by atoms with Crippen LogP contribution >= 0.6 is 0 Å². The highest BCUT2D eigenvalue weighted by molar-refractivity contribution is 5.97. The number of amides is 2. The molecule has 4 rings (SSSR count). The molecule has 2 heterocycles. The van der Waals surface area contributed by atoms with Crippen molar-refractivity contribution < 1.29 is 18.7 Å². The summed E-state index contributed by atoms with van der Waals surface area (Å²) in [7, 11) is 1.57. The van der Waals surface area contributed by atoms with Crippen LogP contribution in [0.15, 0.2) is 48.5 Å². The summed E-state index contributed by atoms with van der Waals surface area (Å²) in [6, 6.07) is 13.2. The number of halogens is 1. The lowest BCUT2D eigenvalue weighted by Gasteiger charge is -2.24. The molecule has 2 aromatic carbocycles. The van der Waals surface area contributed by atoms with Gasteiger partial charge < -0.3 is 14.5 Å². The Balaban J connectivity index is 1.50. The molecule has 0 aliphatic carbocycles. The second kappa shape index (κ2) is 6.68. The van der Waals surface area contributed by atoms with E-state index in [9.17, 15) is 14.0 Å². The van der Waals surface area contributed by atoms with E-state index in [2.05, 4.69) is 0 Å². The summed E-state index contributed by atoms with van der Waals surface area (Å²) in [4.78, 5) is 28.9. The first kappa shape index (κ1) is 17.5. The van der Waals surface area contributed by atoms with Crippen molar-refractivity contribution in [3.8, 4) is 5.75 Å². The first-order valence-corrected chi connectivity index (χ1v) is 8.99. The van der Waals surface area contributed by atoms with Gasteiger partial charge in [0.15, 0.2) is 0 Å². The molecule has 140 valence electrons. The largest absolute Gasteiger partial charge is 0.497 e. The maximum atomic E-state index is 13.5. The molecule has 1 unspecified atom stereocenters. The molecule has 0 bridgehead atoms. The number of ether oxygens (including phenoxy) is 1. The first-order chi connectivity index (χ1) is 13.0. The molecule has 1 spiro atoms. The van der Waals surface area contributed by atoms with E-state index in [0.29, 0.717) is 43.1 Å². The zero-order valence-corrected chi connectivity index (χ0v) is 15.2. The van der Waals surface area contributed by atoms with Crippen LogP contribution in [0.5, 0.6) is 5.75 Å². The van der Waals surface area contributed by atoms with Crippen molar-refractivity contribution in [2.45, 2.75) is 12.8 Å². The van der Waals surface area contributed by atoms with E-state index < -0.39 is 0 Å². The number of carbonyl (C=O) groups is 2. The standard InChI is InChI=1S/C21H21FN2O3/c1-27-18-7-2-4-15(10-18)20(26)23-9-8-21(13-23)12-19(25)24(14-21)17-6-3-5-16(22)11-17/h2-7,10-11H,8-9,12-14H2,1H3. The molecule has 2 aliphatic heterocycles. The number of rotatable bonds is 3. The van der Waals surface area contributed by atoms with Gasteiger partial charge in [-0.1, -0.05) is 12.1 Å². The number of hydrogen-bond donors (Lipinski definition) is 0. The van der Waals surface area contributed by atoms with Crippen LogP contribution < -0.4 is 9.64 Å². The summed E-state index contributed by atoms with van der Waals surface area (Å²) in [6.07, 6.45) is 1.14. The van der Waals surface area contributed by atoms with Crippen molar-refractivity contribution in [1.82, 2.24) is 4.90 Å². The third-order valence-corrected chi connectivity index (χ3v) is 5.48. The lowest BCUT2D eigenvalue weighted by atomic mass is 9.86. The summed E-state index contributed by atoms with van der Waals surface area (Å²) in [5.41, 5.74) is 0.893. The monoisotopic (exact) mass is 368 g/mol. The number of anilines is 1. The van der Waals surface area contributed by atoms with Gasteiger partial charge in [0.25, 0.3) is 5.91 Å². The van der Waals surface area contributed by atoms with Crippen LogP contribution in [0.1, 0.15) is 23.2 Å². The van der Waals surface area contributed by atoms with Gasteiger partial charge in [-0.25, -0.2) is 4.39 Å². The minimum Gasteiger partial charge on any atom is -0.497 e. The Bertz CT molecular complexity index is 901. The molecule has 6 heteroatoms. The highest BCUT2D eigenvalue weighted by atomic mass is 19.1. The third kappa shape index (κ3) is 3.27. The molecule has 5 nitrogen and oxygen atoms in total. The fourth-order valence-electron chi connectivity index (χ4n) is 4.10. The molecule has 0 radical (unpaired) electrons. The Hall–Kier alpha value is -2.89. The van der Waals surface area contributed by atoms with Crippen LogP contribution in [0.4, 0.5) is 10.1 Å². The fourth-order valence-corrected chi connectivity index (χ4v) is 4.10. The highest BCUT2D eigenvalue weighted by Gasteiger charge is 2.48. The number of methoxy groups -OCH3 is 1. The van der Waals surface area contributed by atoms with Crippen LogP contribution in [0.25, 0.3) is 0 Å². The summed E-state index contributed by atoms with van der Waals surface area (Å²) in [5, 5.41) is 0. The summed E-state index contributed by atoms with van der Waals surface area (Å²) < 4.78 is 18.7. The lowest BCUT2D eigenvalue weighted by molar-refractivity contribution is -0.117. The van der Waals surface area contributed by atoms with Gasteiger partial charge in [-0.2, -0.15) is 0 Å². The Labute approximate surface area is 157 Å². The van der Waals surface area contributed by atoms with Crippen molar-refractivity contribution in [3.05, 3.63) is 59.9 Å². The Kier molecular flexibility index (Phi) is 4.34. The molecule has 0 N–H and O–H groups in total. The van der Waals surface area contributed by atoms with E-state index in [1.807, 2.05) is 0 Å². The first-order valence-electron chi connectivity index (χ1n) is 8.99. The van der Waals surface area contributed by atoms with Gasteiger partial charge in [-0.15, -0.1) is 0 Å². The van der Waals surface area contributed by atoms with Gasteiger partial charge in [0, 0.05) is 42.7 Å². The second-order valence-electron chi connectivity index (χ2n) is 7.35. The van der Waals surface area contributed by atoms with E-state index in [1.165, 1.54) is 12.1 Å². The molecule has 2 aromatic rings. The fraction of sp³-hybridized carbons (Fsp3) is 0.333. The molecular weight excluding hydrogens is 347 g/mol. The quantitative estimate of drug-likeness (QED) is 0.837. The van der Waals surface area contributed by atoms with Crippen LogP contribution in [0.2, 0.25) is 0 Å². The minimum absolute atomic E-state index is 0.0173. The summed E-state index contributed by atoms with van der Waals surface area (Å²) >= 11 is 0. The zero-order chi connectivity index (χ0) is 19.0. The molecule has 2 aliphatic rings. The van der Waals surface area contributed by atoms with Crippen molar-refractivity contribution >= 4 is 17.5 Å². The highest BCUT2D eigenvalue weighted by Crippen LogP contribution is 2.42. The van der Waals surface area contributed by atoms with Crippen molar-refractivity contribution in [3.63, 3.8) is 0 Å². The smallest absolute Gasteiger partial charge is 0.254 e. The number of likely N-dealkylation sites (tertiary alicyclic amines) is 1. The Morgan fingerprint density at radius 3 is 2.74 bits per heavy atom. The Morgan fingerprint density at radius 2 is 1.96 bits per heavy atom. The summed E-state index contributed by atoms with van der Waals surface area (Å²) in [5.74, 6) is 0.212. The normalized spacial score (nSPS) is 21.9. The van der Waals surface area contributed by atoms with Crippen LogP contribution in [-0.2, 0) is 4.79 Å². The van der Waals surface area contributed by atoms with E-state index in [0.717, 1.165) is 6.42 Å². The maximum absolute atomic E-state index is 13.5. The van der Waals surface area contributed by atoms with Gasteiger partial charge in [0.05, 0.1) is 7.11 Å². The van der Waals surface area contributed by atoms with Gasteiger partial charge >= 0.3 is 0 Å². The third-order valence-electron chi connectivity index (χ3n) is 5.48. The molecule has 0 saturated carbocycles. The summed E-state index contributed by atoms with van der Waals surface area (Å²) in [6.45, 7) is 1.65. The topological polar surface area (TPSA) is 49.9 Å². The Morgan fingerprint density at radius 1 is 1.15 bits per heavy atom. The van der Waals surface area contributed by atoms with E-state index in [1.54, 1.807) is 53.3 Å². The average molecular weight is 368 g/mol. The number of carbonyl (C=O) groups excluding carboxylic acids is 2. The predicted octanol–water partition coefficient (Wildman–Crippen LogP) is 3.10. The van der Waals surface area contributed by atoms with E-state index in [4.69, 9.17) is 4.74 Å². The van der Waals surface area contributed by atoms with Crippen LogP contribution in [0.3, 0.4) is 0 Å². The van der Waals surface area contributed by atoms with Crippen molar-refractivity contribution in [1.29, 1.82) is 0 Å². The van der Waals surface area contributed by atoms with Crippen LogP contribution in [0, 0.1) is 11.2 Å². The number of benzene rings is 2. The van der Waals surface area contributed by atoms with Gasteiger partial charge in [-0.05, 0) is 42.8 Å². The molecular formula is C21H21FN2O3. The number of hydrogen-bond acceptors (Lipinski definition) is 3. The average Bonchev–Trinajstić information content (AvgIpc) is 3.24. The maximum Gasteiger partial charge on any atom is 0.254 e. The van der Waals surface area contributed by atoms with Crippen LogP contribution in [-0.4, -0.2) is 43.5 Å². The molecule has 0 aromatic heterocycles. The zero-order valence-electron chi connectivity index (χ0n) is 15.2. The van der Waals surface area contributed by atoms with Gasteiger partial charge in [0.1, 0.15) is 11.6 Å². The second-order valence-corrected chi connectivity index (χ2v) is 7.35. The molecule has 2 amide bonds. The van der Waals surface area contributed by atoms with Gasteiger partial charge in [-0.3, -0.25) is 9.59 Å². The molecule has 27 heavy (non-hydrogen) atoms. The molecule has 2 fully saturated rings. The van der Waals surface area contributed by atoms with Gasteiger partial charge in [0.2, 0.25) is 5.91 Å². The van der Waals surface area contributed by atoms with Crippen molar-refractivity contribution in [2.24, 2.45) is 5.41 Å². The lowest BCUT2D eigenvalue weighted by Crippen LogP contribution is -2.34.